The molecule has 0 amide bonds. The Labute approximate surface area is 190 Å². The van der Waals surface area contributed by atoms with Crippen LogP contribution < -0.4 is 0 Å². The van der Waals surface area contributed by atoms with E-state index in [-0.39, 0.29) is 10.8 Å². The zero-order valence-electron chi connectivity index (χ0n) is 19.5. The predicted molar refractivity (Wildman–Crippen MR) is 130 cm³/mol. The largest absolute Gasteiger partial charge is 0.507 e. The summed E-state index contributed by atoms with van der Waals surface area (Å²) in [5, 5.41) is 16.0. The van der Waals surface area contributed by atoms with Gasteiger partial charge in [0.05, 0.1) is 23.5 Å². The van der Waals surface area contributed by atoms with Crippen molar-refractivity contribution in [3.05, 3.63) is 75.6 Å². The molecule has 0 unspecified atom stereocenters. The van der Waals surface area contributed by atoms with E-state index in [1.165, 1.54) is 0 Å². The molecule has 1 aromatic heterocycles. The van der Waals surface area contributed by atoms with Gasteiger partial charge in [-0.05, 0) is 58.7 Å². The van der Waals surface area contributed by atoms with Gasteiger partial charge >= 0.3 is 0 Å². The predicted octanol–water partition coefficient (Wildman–Crippen LogP) is 6.75. The summed E-state index contributed by atoms with van der Waals surface area (Å²) in [6.45, 7) is 15.1. The van der Waals surface area contributed by atoms with E-state index in [9.17, 15) is 5.11 Å². The number of halogens is 1. The van der Waals surface area contributed by atoms with Crippen molar-refractivity contribution in [3.63, 3.8) is 0 Å². The molecule has 0 aliphatic heterocycles. The molecule has 0 saturated heterocycles. The third-order valence-electron chi connectivity index (χ3n) is 5.33. The molecule has 1 heterocycles. The summed E-state index contributed by atoms with van der Waals surface area (Å²) in [4.78, 5) is 4.67. The Bertz CT molecular complexity index is 1070. The lowest BCUT2D eigenvalue weighted by Crippen LogP contribution is -2.17. The van der Waals surface area contributed by atoms with Crippen LogP contribution in [0, 0.1) is 6.92 Å². The third-order valence-corrected chi connectivity index (χ3v) is 5.69. The number of benzene rings is 2. The number of aryl methyl sites for hydroxylation is 1. The molecular weight excluding hydrogens is 406 g/mol. The minimum absolute atomic E-state index is 0.166. The van der Waals surface area contributed by atoms with Crippen LogP contribution in [0.25, 0.3) is 5.69 Å². The van der Waals surface area contributed by atoms with Crippen LogP contribution in [-0.2, 0) is 17.4 Å². The van der Waals surface area contributed by atoms with Crippen LogP contribution in [0.2, 0.25) is 5.15 Å². The number of phenols is 1. The Morgan fingerprint density at radius 2 is 1.55 bits per heavy atom. The van der Waals surface area contributed by atoms with Crippen molar-refractivity contribution in [2.75, 3.05) is 0 Å². The van der Waals surface area contributed by atoms with E-state index in [4.69, 9.17) is 11.6 Å². The highest BCUT2D eigenvalue weighted by Gasteiger charge is 2.26. The van der Waals surface area contributed by atoms with E-state index in [2.05, 4.69) is 63.8 Å². The summed E-state index contributed by atoms with van der Waals surface area (Å²) in [6, 6.07) is 13.9. The molecule has 0 aliphatic carbocycles. The van der Waals surface area contributed by atoms with Crippen LogP contribution >= 0.6 is 11.6 Å². The summed E-state index contributed by atoms with van der Waals surface area (Å²) in [5.74, 6) is 0.385. The van der Waals surface area contributed by atoms with Gasteiger partial charge in [0.2, 0.25) is 0 Å². The zero-order chi connectivity index (χ0) is 23.0. The number of nitrogens with zero attached hydrogens (tertiary/aromatic N) is 3. The first-order valence-electron chi connectivity index (χ1n) is 10.6. The molecule has 1 N–H and O–H groups in total. The second-order valence-corrected chi connectivity index (χ2v) is 10.4. The van der Waals surface area contributed by atoms with Crippen LogP contribution in [0.1, 0.15) is 69.5 Å². The van der Waals surface area contributed by atoms with Gasteiger partial charge in [-0.2, -0.15) is 5.10 Å². The molecule has 3 aromatic rings. The average molecular weight is 438 g/mol. The molecule has 0 spiro atoms. The fourth-order valence-corrected chi connectivity index (χ4v) is 3.89. The first-order valence-corrected chi connectivity index (χ1v) is 10.9. The number of rotatable bonds is 4. The number of phenolic OH excluding ortho intramolecular Hbond substituents is 1. The maximum Gasteiger partial charge on any atom is 0.141 e. The maximum atomic E-state index is 10.9. The van der Waals surface area contributed by atoms with Crippen LogP contribution in [-0.4, -0.2) is 21.1 Å². The molecular formula is C26H32ClN3O. The van der Waals surface area contributed by atoms with Crippen LogP contribution in [0.5, 0.6) is 5.75 Å². The Kier molecular flexibility index (Phi) is 6.33. The highest BCUT2D eigenvalue weighted by Crippen LogP contribution is 2.39. The lowest BCUT2D eigenvalue weighted by Gasteiger charge is -2.28. The minimum atomic E-state index is -0.166. The smallest absolute Gasteiger partial charge is 0.141 e. The van der Waals surface area contributed by atoms with Gasteiger partial charge in [-0.3, -0.25) is 4.99 Å². The van der Waals surface area contributed by atoms with Gasteiger partial charge in [-0.25, -0.2) is 4.68 Å². The van der Waals surface area contributed by atoms with Crippen molar-refractivity contribution >= 4 is 17.8 Å². The molecule has 31 heavy (non-hydrogen) atoms. The van der Waals surface area contributed by atoms with Gasteiger partial charge in [0.25, 0.3) is 0 Å². The molecule has 0 aliphatic rings. The molecule has 164 valence electrons. The Morgan fingerprint density at radius 3 is 2.06 bits per heavy atom. The molecule has 0 atom stereocenters. The van der Waals surface area contributed by atoms with Crippen molar-refractivity contribution in [1.82, 2.24) is 9.78 Å². The fraction of sp³-hybridized carbons (Fsp3) is 0.385. The zero-order valence-corrected chi connectivity index (χ0v) is 20.2. The lowest BCUT2D eigenvalue weighted by molar-refractivity contribution is 0.422. The molecule has 2 aromatic carbocycles. The Hall–Kier alpha value is -2.59. The number of para-hydroxylation sites is 1. The fourth-order valence-electron chi connectivity index (χ4n) is 3.57. The second-order valence-electron chi connectivity index (χ2n) is 10.0. The standard InChI is InChI=1S/C26H32ClN3O/c1-17-20(24(27)30(29-17)19-11-9-8-10-12-19)16-28-15-18-13-21(25(2,3)4)23(31)22(14-18)26(5,6)7/h8-14,16,31H,15H2,1-7H3. The Morgan fingerprint density at radius 1 is 1.00 bits per heavy atom. The summed E-state index contributed by atoms with van der Waals surface area (Å²) >= 11 is 6.61. The third kappa shape index (κ3) is 5.01. The molecule has 0 saturated carbocycles. The van der Waals surface area contributed by atoms with Gasteiger partial charge in [0.1, 0.15) is 10.9 Å². The van der Waals surface area contributed by atoms with Crippen molar-refractivity contribution in [2.24, 2.45) is 4.99 Å². The number of hydrogen-bond acceptors (Lipinski definition) is 3. The highest BCUT2D eigenvalue weighted by atomic mass is 35.5. The molecule has 3 rings (SSSR count). The Balaban J connectivity index is 1.94. The normalized spacial score (nSPS) is 12.6. The van der Waals surface area contributed by atoms with Crippen molar-refractivity contribution < 1.29 is 5.11 Å². The number of hydrogen-bond donors (Lipinski definition) is 1. The number of aliphatic imine (C=N–C) groups is 1. The van der Waals surface area contributed by atoms with Gasteiger partial charge in [-0.15, -0.1) is 0 Å². The van der Waals surface area contributed by atoms with Gasteiger partial charge < -0.3 is 5.11 Å². The molecule has 0 fully saturated rings. The molecule has 4 nitrogen and oxygen atoms in total. The SMILES string of the molecule is Cc1nn(-c2ccccc2)c(Cl)c1C=NCc1cc(C(C)(C)C)c(O)c(C(C)(C)C)c1. The first-order chi connectivity index (χ1) is 14.4. The molecule has 0 radical (unpaired) electrons. The first kappa shape index (κ1) is 23.1. The summed E-state index contributed by atoms with van der Waals surface area (Å²) < 4.78 is 1.73. The van der Waals surface area contributed by atoms with E-state index in [0.717, 1.165) is 33.6 Å². The van der Waals surface area contributed by atoms with Gasteiger partial charge in [0.15, 0.2) is 0 Å². The minimum Gasteiger partial charge on any atom is -0.507 e. The van der Waals surface area contributed by atoms with Crippen molar-refractivity contribution in [3.8, 4) is 11.4 Å². The van der Waals surface area contributed by atoms with E-state index < -0.39 is 0 Å². The monoisotopic (exact) mass is 437 g/mol. The number of aromatic nitrogens is 2. The van der Waals surface area contributed by atoms with Crippen LogP contribution in [0.15, 0.2) is 47.5 Å². The van der Waals surface area contributed by atoms with E-state index in [0.29, 0.717) is 17.4 Å². The average Bonchev–Trinajstić information content (AvgIpc) is 2.96. The van der Waals surface area contributed by atoms with Crippen LogP contribution in [0.4, 0.5) is 0 Å². The highest BCUT2D eigenvalue weighted by molar-refractivity contribution is 6.32. The summed E-state index contributed by atoms with van der Waals surface area (Å²) in [5.41, 5.74) is 5.17. The molecule has 5 heteroatoms. The summed E-state index contributed by atoms with van der Waals surface area (Å²) in [7, 11) is 0. The van der Waals surface area contributed by atoms with Gasteiger partial charge in [-0.1, -0.05) is 71.3 Å². The van der Waals surface area contributed by atoms with Crippen molar-refractivity contribution in [1.29, 1.82) is 0 Å². The van der Waals surface area contributed by atoms with E-state index in [1.807, 2.05) is 37.3 Å². The van der Waals surface area contributed by atoms with E-state index in [1.54, 1.807) is 10.9 Å². The number of aromatic hydroxyl groups is 1. The van der Waals surface area contributed by atoms with Crippen molar-refractivity contribution in [2.45, 2.75) is 65.8 Å². The topological polar surface area (TPSA) is 50.4 Å². The lowest BCUT2D eigenvalue weighted by atomic mass is 9.78. The second kappa shape index (κ2) is 8.51. The quantitative estimate of drug-likeness (QED) is 0.458. The maximum absolute atomic E-state index is 10.9. The summed E-state index contributed by atoms with van der Waals surface area (Å²) in [6.07, 6.45) is 1.80. The van der Waals surface area contributed by atoms with Gasteiger partial charge in [0, 0.05) is 6.21 Å². The molecule has 0 bridgehead atoms. The van der Waals surface area contributed by atoms with Crippen LogP contribution in [0.3, 0.4) is 0 Å². The van der Waals surface area contributed by atoms with E-state index >= 15 is 0 Å².